The molecule has 4 atom stereocenters. The van der Waals surface area contributed by atoms with Crippen molar-refractivity contribution in [1.29, 1.82) is 0 Å². The fraction of sp³-hybridized carbons (Fsp3) is 0.455. The summed E-state index contributed by atoms with van der Waals surface area (Å²) in [5.41, 5.74) is 1.65. The van der Waals surface area contributed by atoms with Gasteiger partial charge in [-0.1, -0.05) is 12.1 Å². The number of amides is 1. The molecule has 6 nitrogen and oxygen atoms in total. The predicted molar refractivity (Wildman–Crippen MR) is 106 cm³/mol. The van der Waals surface area contributed by atoms with Gasteiger partial charge in [-0.05, 0) is 49.1 Å². The fourth-order valence-electron chi connectivity index (χ4n) is 4.97. The van der Waals surface area contributed by atoms with Gasteiger partial charge in [0.25, 0.3) is 5.56 Å². The molecule has 0 bridgehead atoms. The number of rotatable bonds is 4. The molecular formula is C22H24FN3O3. The molecule has 1 amide bonds. The van der Waals surface area contributed by atoms with E-state index in [0.717, 1.165) is 25.0 Å². The van der Waals surface area contributed by atoms with Crippen LogP contribution in [0.4, 0.5) is 4.39 Å². The van der Waals surface area contributed by atoms with Crippen LogP contribution in [0.15, 0.2) is 41.2 Å². The zero-order valence-corrected chi connectivity index (χ0v) is 16.0. The van der Waals surface area contributed by atoms with Crippen molar-refractivity contribution >= 4 is 5.91 Å². The van der Waals surface area contributed by atoms with Gasteiger partial charge in [0.1, 0.15) is 5.82 Å². The molecule has 3 N–H and O–H groups in total. The first-order valence-corrected chi connectivity index (χ1v) is 10.2. The minimum absolute atomic E-state index is 0.0346. The van der Waals surface area contributed by atoms with Gasteiger partial charge in [0.15, 0.2) is 0 Å². The van der Waals surface area contributed by atoms with Crippen LogP contribution < -0.4 is 16.2 Å². The van der Waals surface area contributed by atoms with Crippen LogP contribution in [0.1, 0.15) is 31.0 Å². The molecule has 2 aromatic rings. The molecule has 29 heavy (non-hydrogen) atoms. The normalized spacial score (nSPS) is 27.9. The molecule has 3 heterocycles. The SMILES string of the molecule is O=C(NC1CCC1)[C@H]1N[C@H]2c3ccc(-c4cccc(F)c4)c(=O)n3C[C@H]2[C@@H]1CO. The number of fused-ring (bicyclic) bond motifs is 3. The Hall–Kier alpha value is -2.51. The van der Waals surface area contributed by atoms with Gasteiger partial charge in [-0.3, -0.25) is 14.9 Å². The number of aliphatic hydroxyl groups is 1. The molecule has 7 heteroatoms. The highest BCUT2D eigenvalue weighted by atomic mass is 19.1. The summed E-state index contributed by atoms with van der Waals surface area (Å²) in [7, 11) is 0. The van der Waals surface area contributed by atoms with Crippen molar-refractivity contribution in [2.24, 2.45) is 11.8 Å². The maximum absolute atomic E-state index is 13.6. The Morgan fingerprint density at radius 2 is 2.10 bits per heavy atom. The largest absolute Gasteiger partial charge is 0.396 e. The van der Waals surface area contributed by atoms with E-state index in [1.54, 1.807) is 22.8 Å². The van der Waals surface area contributed by atoms with Crippen molar-refractivity contribution < 1.29 is 14.3 Å². The molecule has 1 saturated heterocycles. The van der Waals surface area contributed by atoms with Crippen LogP contribution in [0.3, 0.4) is 0 Å². The van der Waals surface area contributed by atoms with Gasteiger partial charge in [0.2, 0.25) is 5.91 Å². The number of hydrogen-bond donors (Lipinski definition) is 3. The number of carbonyl (C=O) groups is 1. The Morgan fingerprint density at radius 1 is 1.28 bits per heavy atom. The van der Waals surface area contributed by atoms with Gasteiger partial charge in [-0.2, -0.15) is 0 Å². The lowest BCUT2D eigenvalue weighted by molar-refractivity contribution is -0.125. The molecule has 1 saturated carbocycles. The van der Waals surface area contributed by atoms with Gasteiger partial charge >= 0.3 is 0 Å². The first-order valence-electron chi connectivity index (χ1n) is 10.2. The number of benzene rings is 1. The van der Waals surface area contributed by atoms with Gasteiger partial charge in [-0.15, -0.1) is 0 Å². The van der Waals surface area contributed by atoms with E-state index in [4.69, 9.17) is 0 Å². The van der Waals surface area contributed by atoms with E-state index in [1.165, 1.54) is 12.1 Å². The van der Waals surface area contributed by atoms with Crippen LogP contribution in [0.5, 0.6) is 0 Å². The molecule has 0 spiro atoms. The third-order valence-corrected chi connectivity index (χ3v) is 6.77. The van der Waals surface area contributed by atoms with Crippen molar-refractivity contribution in [3.63, 3.8) is 0 Å². The standard InChI is InChI=1S/C22H24FN3O3/c23-13-4-1-3-12(9-13)15-7-8-18-19-16(10-26(18)22(15)29)17(11-27)20(25-19)21(28)24-14-5-2-6-14/h1,3-4,7-9,14,16-17,19-20,25,27H,2,5-6,10-11H2,(H,24,28)/t16-,17-,19+,20-/m0/s1. The van der Waals surface area contributed by atoms with Crippen LogP contribution >= 0.6 is 0 Å². The summed E-state index contributed by atoms with van der Waals surface area (Å²) in [5, 5.41) is 16.4. The third kappa shape index (κ3) is 3.00. The summed E-state index contributed by atoms with van der Waals surface area (Å²) in [4.78, 5) is 25.8. The second kappa shape index (κ2) is 7.07. The number of carbonyl (C=O) groups excluding carboxylic acids is 1. The van der Waals surface area contributed by atoms with Crippen LogP contribution in [0, 0.1) is 17.7 Å². The molecule has 1 aromatic carbocycles. The minimum atomic E-state index is -0.456. The summed E-state index contributed by atoms with van der Waals surface area (Å²) in [6.07, 6.45) is 3.16. The molecule has 152 valence electrons. The maximum atomic E-state index is 13.6. The number of aromatic nitrogens is 1. The number of aliphatic hydroxyl groups excluding tert-OH is 1. The van der Waals surface area contributed by atoms with Gasteiger partial charge in [0.05, 0.1) is 12.1 Å². The molecule has 3 aliphatic rings. The van der Waals surface area contributed by atoms with Crippen LogP contribution in [0.2, 0.25) is 0 Å². The van der Waals surface area contributed by atoms with E-state index in [2.05, 4.69) is 10.6 Å². The van der Waals surface area contributed by atoms with E-state index in [9.17, 15) is 19.1 Å². The van der Waals surface area contributed by atoms with Crippen molar-refractivity contribution in [3.8, 4) is 11.1 Å². The third-order valence-electron chi connectivity index (χ3n) is 6.77. The number of pyridine rings is 1. The number of nitrogens with one attached hydrogen (secondary N) is 2. The lowest BCUT2D eigenvalue weighted by atomic mass is 9.87. The Bertz CT molecular complexity index is 1020. The van der Waals surface area contributed by atoms with Gasteiger partial charge in [0, 0.05) is 42.3 Å². The van der Waals surface area contributed by atoms with Crippen molar-refractivity contribution in [2.75, 3.05) is 6.61 Å². The average Bonchev–Trinajstić information content (AvgIpc) is 3.21. The number of nitrogens with zero attached hydrogens (tertiary/aromatic N) is 1. The van der Waals surface area contributed by atoms with Crippen molar-refractivity contribution in [2.45, 2.75) is 43.9 Å². The highest BCUT2D eigenvalue weighted by Crippen LogP contribution is 2.43. The lowest BCUT2D eigenvalue weighted by Crippen LogP contribution is -2.51. The maximum Gasteiger partial charge on any atom is 0.258 e. The van der Waals surface area contributed by atoms with Crippen molar-refractivity contribution in [1.82, 2.24) is 15.2 Å². The van der Waals surface area contributed by atoms with E-state index < -0.39 is 6.04 Å². The van der Waals surface area contributed by atoms with E-state index in [0.29, 0.717) is 17.7 Å². The molecule has 2 fully saturated rings. The Morgan fingerprint density at radius 3 is 2.79 bits per heavy atom. The Labute approximate surface area is 167 Å². The topological polar surface area (TPSA) is 83.4 Å². The molecule has 0 unspecified atom stereocenters. The van der Waals surface area contributed by atoms with E-state index in [-0.39, 0.29) is 47.8 Å². The lowest BCUT2D eigenvalue weighted by Gasteiger charge is -2.29. The molecule has 2 aliphatic heterocycles. The van der Waals surface area contributed by atoms with Crippen LogP contribution in [-0.4, -0.2) is 34.3 Å². The molecule has 0 radical (unpaired) electrons. The number of halogens is 1. The van der Waals surface area contributed by atoms with Crippen LogP contribution in [0.25, 0.3) is 11.1 Å². The van der Waals surface area contributed by atoms with Gasteiger partial charge < -0.3 is 15.0 Å². The molecular weight excluding hydrogens is 373 g/mol. The minimum Gasteiger partial charge on any atom is -0.396 e. The van der Waals surface area contributed by atoms with E-state index in [1.807, 2.05) is 6.07 Å². The molecule has 5 rings (SSSR count). The zero-order chi connectivity index (χ0) is 20.1. The van der Waals surface area contributed by atoms with E-state index >= 15 is 0 Å². The first kappa shape index (κ1) is 18.5. The highest BCUT2D eigenvalue weighted by molar-refractivity contribution is 5.83. The second-order valence-electron chi connectivity index (χ2n) is 8.37. The summed E-state index contributed by atoms with van der Waals surface area (Å²) in [6.45, 7) is 0.323. The van der Waals surface area contributed by atoms with Crippen molar-refractivity contribution in [3.05, 3.63) is 58.3 Å². The van der Waals surface area contributed by atoms with Gasteiger partial charge in [-0.25, -0.2) is 4.39 Å². The predicted octanol–water partition coefficient (Wildman–Crippen LogP) is 1.57. The molecule has 1 aromatic heterocycles. The van der Waals surface area contributed by atoms with Crippen LogP contribution in [-0.2, 0) is 11.3 Å². The fourth-order valence-corrected chi connectivity index (χ4v) is 4.97. The quantitative estimate of drug-likeness (QED) is 0.732. The first-order chi connectivity index (χ1) is 14.1. The summed E-state index contributed by atoms with van der Waals surface area (Å²) < 4.78 is 15.3. The monoisotopic (exact) mass is 397 g/mol. The Kier molecular flexibility index (Phi) is 4.52. The average molecular weight is 397 g/mol. The highest BCUT2D eigenvalue weighted by Gasteiger charge is 2.50. The second-order valence-corrected chi connectivity index (χ2v) is 8.37. The smallest absolute Gasteiger partial charge is 0.258 e. The zero-order valence-electron chi connectivity index (χ0n) is 16.0. The summed E-state index contributed by atoms with van der Waals surface area (Å²) in [6, 6.07) is 9.25. The Balaban J connectivity index is 1.44. The number of hydrogen-bond acceptors (Lipinski definition) is 4. The molecule has 1 aliphatic carbocycles. The summed E-state index contributed by atoms with van der Waals surface area (Å²) in [5.74, 6) is -0.732. The summed E-state index contributed by atoms with van der Waals surface area (Å²) >= 11 is 0.